The Morgan fingerprint density at radius 3 is 2.38 bits per heavy atom. The van der Waals surface area contributed by atoms with Crippen LogP contribution < -0.4 is 10.3 Å². The number of nitrogens with zero attached hydrogens (tertiary/aromatic N) is 2. The molecule has 0 unspecified atom stereocenters. The van der Waals surface area contributed by atoms with Crippen LogP contribution in [0.1, 0.15) is 86.7 Å². The molecule has 2 fully saturated rings. The molecular formula is C41H53N3O5Si. The van der Waals surface area contributed by atoms with Crippen molar-refractivity contribution in [3.05, 3.63) is 106 Å². The highest BCUT2D eigenvalue weighted by Crippen LogP contribution is 2.46. The Kier molecular flexibility index (Phi) is 11.0. The third kappa shape index (κ3) is 7.90. The van der Waals surface area contributed by atoms with Gasteiger partial charge in [-0.3, -0.25) is 9.59 Å². The number of hydrogen-bond donors (Lipinski definition) is 1. The van der Waals surface area contributed by atoms with Crippen molar-refractivity contribution in [2.45, 2.75) is 102 Å². The first-order chi connectivity index (χ1) is 24.0. The predicted octanol–water partition coefficient (Wildman–Crippen LogP) is 8.20. The standard InChI is InChI=1S/C41H53N3O5Si/c1-40(2,3)50(4,5)49-27-24-44(32-20-25-47-26-21-32)39(46)36-37(48-29-30-14-7-6-8-15-30)38(45)43-35(42-36)28-41(22-11-12-23-41)34-19-13-17-31-16-9-10-18-33(31)34/h6-10,13-19,32H,11-12,20-29H2,1-5H3,(H,42,43,45). The zero-order valence-corrected chi connectivity index (χ0v) is 31.4. The van der Waals surface area contributed by atoms with Crippen LogP contribution in [0.5, 0.6) is 5.75 Å². The number of ether oxygens (including phenoxy) is 2. The number of benzene rings is 3. The molecule has 266 valence electrons. The van der Waals surface area contributed by atoms with Crippen LogP contribution in [-0.2, 0) is 27.6 Å². The maximum atomic E-state index is 14.8. The summed E-state index contributed by atoms with van der Waals surface area (Å²) in [5.41, 5.74) is 1.62. The van der Waals surface area contributed by atoms with E-state index in [0.717, 1.165) is 31.2 Å². The molecule has 4 aromatic rings. The lowest BCUT2D eigenvalue weighted by molar-refractivity contribution is 0.0245. The van der Waals surface area contributed by atoms with Gasteiger partial charge in [-0.15, -0.1) is 0 Å². The lowest BCUT2D eigenvalue weighted by atomic mass is 9.74. The average molecular weight is 696 g/mol. The van der Waals surface area contributed by atoms with Gasteiger partial charge in [0.05, 0.1) is 6.61 Å². The topological polar surface area (TPSA) is 93.8 Å². The van der Waals surface area contributed by atoms with Crippen molar-refractivity contribution >= 4 is 25.0 Å². The van der Waals surface area contributed by atoms with Gasteiger partial charge >= 0.3 is 0 Å². The van der Waals surface area contributed by atoms with Crippen LogP contribution in [0.15, 0.2) is 77.6 Å². The van der Waals surface area contributed by atoms with Gasteiger partial charge < -0.3 is 23.8 Å². The predicted molar refractivity (Wildman–Crippen MR) is 201 cm³/mol. The minimum Gasteiger partial charge on any atom is -0.481 e. The monoisotopic (exact) mass is 695 g/mol. The van der Waals surface area contributed by atoms with Crippen molar-refractivity contribution in [3.8, 4) is 5.75 Å². The summed E-state index contributed by atoms with van der Waals surface area (Å²) in [4.78, 5) is 38.9. The fourth-order valence-corrected chi connectivity index (χ4v) is 8.44. The van der Waals surface area contributed by atoms with E-state index in [1.165, 1.54) is 16.3 Å². The summed E-state index contributed by atoms with van der Waals surface area (Å²) in [6.45, 7) is 13.2. The molecule has 2 aliphatic rings. The van der Waals surface area contributed by atoms with Gasteiger partial charge in [0.2, 0.25) is 5.75 Å². The Morgan fingerprint density at radius 2 is 1.66 bits per heavy atom. The van der Waals surface area contributed by atoms with Crippen LogP contribution in [0.25, 0.3) is 10.8 Å². The van der Waals surface area contributed by atoms with Gasteiger partial charge in [-0.1, -0.05) is 106 Å². The Morgan fingerprint density at radius 1 is 0.980 bits per heavy atom. The van der Waals surface area contributed by atoms with E-state index < -0.39 is 13.9 Å². The average Bonchev–Trinajstić information content (AvgIpc) is 3.58. The first-order valence-corrected chi connectivity index (χ1v) is 21.2. The van der Waals surface area contributed by atoms with E-state index in [2.05, 4.69) is 81.3 Å². The zero-order valence-electron chi connectivity index (χ0n) is 30.4. The molecule has 9 heteroatoms. The molecule has 1 aliphatic heterocycles. The highest BCUT2D eigenvalue weighted by molar-refractivity contribution is 6.74. The van der Waals surface area contributed by atoms with Crippen molar-refractivity contribution in [2.75, 3.05) is 26.4 Å². The highest BCUT2D eigenvalue weighted by Gasteiger charge is 2.40. The van der Waals surface area contributed by atoms with Gasteiger partial charge in [-0.25, -0.2) is 4.98 Å². The quantitative estimate of drug-likeness (QED) is 0.150. The Hall–Kier alpha value is -3.79. The third-order valence-electron chi connectivity index (χ3n) is 11.3. The minimum absolute atomic E-state index is 0.0318. The number of hydrogen-bond acceptors (Lipinski definition) is 6. The fraction of sp³-hybridized carbons (Fsp3) is 0.488. The second kappa shape index (κ2) is 15.2. The summed E-state index contributed by atoms with van der Waals surface area (Å²) in [6.07, 6.45) is 6.13. The molecule has 0 atom stereocenters. The summed E-state index contributed by atoms with van der Waals surface area (Å²) in [7, 11) is -2.05. The van der Waals surface area contributed by atoms with E-state index in [9.17, 15) is 9.59 Å². The second-order valence-electron chi connectivity index (χ2n) is 15.6. The maximum Gasteiger partial charge on any atom is 0.294 e. The van der Waals surface area contributed by atoms with Crippen molar-refractivity contribution in [2.24, 2.45) is 0 Å². The largest absolute Gasteiger partial charge is 0.481 e. The molecule has 0 bridgehead atoms. The number of fused-ring (bicyclic) bond motifs is 1. The number of nitrogens with one attached hydrogen (secondary N) is 1. The number of aromatic nitrogens is 2. The molecule has 1 amide bonds. The van der Waals surface area contributed by atoms with E-state index in [1.54, 1.807) is 0 Å². The van der Waals surface area contributed by atoms with Gasteiger partial charge in [0.25, 0.3) is 11.5 Å². The third-order valence-corrected chi connectivity index (χ3v) is 15.8. The maximum absolute atomic E-state index is 14.8. The summed E-state index contributed by atoms with van der Waals surface area (Å²) in [5, 5.41) is 2.47. The summed E-state index contributed by atoms with van der Waals surface area (Å²) in [6, 6.07) is 24.6. The Labute approximate surface area is 297 Å². The molecule has 1 saturated heterocycles. The van der Waals surface area contributed by atoms with Crippen LogP contribution in [0.3, 0.4) is 0 Å². The van der Waals surface area contributed by atoms with Gasteiger partial charge in [0.1, 0.15) is 12.4 Å². The number of aromatic amines is 1. The smallest absolute Gasteiger partial charge is 0.294 e. The molecule has 2 heterocycles. The summed E-state index contributed by atoms with van der Waals surface area (Å²) >= 11 is 0. The van der Waals surface area contributed by atoms with Gasteiger partial charge in [-0.2, -0.15) is 0 Å². The SMILES string of the molecule is CC(C)(C)[Si](C)(C)OCCN(C(=O)c1nc(CC2(c3cccc4ccccc34)CCCC2)[nH]c(=O)c1OCc1ccccc1)C1CCOCC1. The minimum atomic E-state index is -2.05. The lowest BCUT2D eigenvalue weighted by Gasteiger charge is -2.38. The molecule has 50 heavy (non-hydrogen) atoms. The van der Waals surface area contributed by atoms with Crippen molar-refractivity contribution in [3.63, 3.8) is 0 Å². The Bertz CT molecular complexity index is 1820. The van der Waals surface area contributed by atoms with Crippen molar-refractivity contribution in [1.29, 1.82) is 0 Å². The van der Waals surface area contributed by atoms with E-state index in [-0.39, 0.29) is 40.5 Å². The first-order valence-electron chi connectivity index (χ1n) is 18.3. The second-order valence-corrected chi connectivity index (χ2v) is 20.4. The van der Waals surface area contributed by atoms with Gasteiger partial charge in [-0.05, 0) is 65.7 Å². The van der Waals surface area contributed by atoms with Gasteiger partial charge in [0.15, 0.2) is 14.0 Å². The molecule has 1 saturated carbocycles. The van der Waals surface area contributed by atoms with Crippen LogP contribution in [0.2, 0.25) is 18.1 Å². The summed E-state index contributed by atoms with van der Waals surface area (Å²) in [5.74, 6) is 0.192. The molecule has 3 aromatic carbocycles. The number of carbonyl (C=O) groups is 1. The van der Waals surface area contributed by atoms with Crippen molar-refractivity contribution in [1.82, 2.24) is 14.9 Å². The molecule has 8 nitrogen and oxygen atoms in total. The number of amides is 1. The first kappa shape index (κ1) is 36.0. The molecule has 6 rings (SSSR count). The summed E-state index contributed by atoms with van der Waals surface area (Å²) < 4.78 is 18.5. The van der Waals surface area contributed by atoms with Crippen LogP contribution in [0.4, 0.5) is 0 Å². The van der Waals surface area contributed by atoms with E-state index in [4.69, 9.17) is 18.9 Å². The van der Waals surface area contributed by atoms with E-state index in [0.29, 0.717) is 51.5 Å². The number of H-pyrrole nitrogens is 1. The highest BCUT2D eigenvalue weighted by atomic mass is 28.4. The molecule has 1 aromatic heterocycles. The van der Waals surface area contributed by atoms with E-state index >= 15 is 0 Å². The normalized spacial score (nSPS) is 16.8. The van der Waals surface area contributed by atoms with E-state index in [1.807, 2.05) is 35.2 Å². The molecular weight excluding hydrogens is 643 g/mol. The number of carbonyl (C=O) groups excluding carboxylic acids is 1. The van der Waals surface area contributed by atoms with Crippen LogP contribution in [0, 0.1) is 0 Å². The van der Waals surface area contributed by atoms with Crippen LogP contribution in [-0.4, -0.2) is 61.5 Å². The fourth-order valence-electron chi connectivity index (χ4n) is 7.40. The molecule has 0 radical (unpaired) electrons. The Balaban J connectivity index is 1.38. The van der Waals surface area contributed by atoms with Gasteiger partial charge in [0, 0.05) is 37.6 Å². The number of rotatable bonds is 12. The van der Waals surface area contributed by atoms with Crippen LogP contribution >= 0.6 is 0 Å². The lowest BCUT2D eigenvalue weighted by Crippen LogP contribution is -2.48. The zero-order chi connectivity index (χ0) is 35.4. The molecule has 0 spiro atoms. The molecule has 1 N–H and O–H groups in total. The van der Waals surface area contributed by atoms with Crippen molar-refractivity contribution < 1.29 is 18.7 Å². The molecule has 1 aliphatic carbocycles.